The molecule has 0 bridgehead atoms. The standard InChI is InChI=1S/C19H20N4O4/c1-27-19(26)15-4-2-3-5-16(15)21-17-7-6-14(12-20-17)18(25)23-10-8-22(13-24)9-11-23/h2-7,12-13H,8-11H2,1H3,(H,20,21). The Hall–Kier alpha value is -3.42. The molecule has 1 aliphatic rings. The molecule has 140 valence electrons. The Morgan fingerprint density at radius 1 is 1.11 bits per heavy atom. The van der Waals surface area contributed by atoms with Crippen molar-refractivity contribution in [3.8, 4) is 0 Å². The highest BCUT2D eigenvalue weighted by molar-refractivity contribution is 5.96. The Kier molecular flexibility index (Phi) is 5.65. The molecule has 0 saturated carbocycles. The average Bonchev–Trinajstić information content (AvgIpc) is 2.73. The third-order valence-corrected chi connectivity index (χ3v) is 4.36. The summed E-state index contributed by atoms with van der Waals surface area (Å²) < 4.78 is 4.77. The fourth-order valence-corrected chi connectivity index (χ4v) is 2.83. The van der Waals surface area contributed by atoms with Gasteiger partial charge in [-0.1, -0.05) is 12.1 Å². The number of nitrogens with one attached hydrogen (secondary N) is 1. The zero-order chi connectivity index (χ0) is 19.2. The number of nitrogens with zero attached hydrogens (tertiary/aromatic N) is 3. The van der Waals surface area contributed by atoms with Crippen LogP contribution in [-0.2, 0) is 9.53 Å². The molecule has 0 aliphatic carbocycles. The first-order valence-corrected chi connectivity index (χ1v) is 8.51. The number of hydrogen-bond donors (Lipinski definition) is 1. The highest BCUT2D eigenvalue weighted by Crippen LogP contribution is 2.20. The van der Waals surface area contributed by atoms with Gasteiger partial charge in [0.2, 0.25) is 6.41 Å². The number of benzene rings is 1. The summed E-state index contributed by atoms with van der Waals surface area (Å²) in [5.74, 6) is -0.0531. The molecule has 0 spiro atoms. The van der Waals surface area contributed by atoms with Gasteiger partial charge in [0.05, 0.1) is 23.9 Å². The van der Waals surface area contributed by atoms with Crippen LogP contribution in [-0.4, -0.2) is 66.4 Å². The summed E-state index contributed by atoms with van der Waals surface area (Å²) >= 11 is 0. The van der Waals surface area contributed by atoms with E-state index in [1.807, 2.05) is 0 Å². The second-order valence-electron chi connectivity index (χ2n) is 6.03. The van der Waals surface area contributed by atoms with Crippen molar-refractivity contribution < 1.29 is 19.1 Å². The maximum atomic E-state index is 12.5. The highest BCUT2D eigenvalue weighted by atomic mass is 16.5. The molecule has 2 heterocycles. The number of piperazine rings is 1. The molecule has 1 N–H and O–H groups in total. The molecule has 8 heteroatoms. The summed E-state index contributed by atoms with van der Waals surface area (Å²) in [7, 11) is 1.33. The number of carbonyl (C=O) groups excluding carboxylic acids is 3. The molecule has 1 aromatic heterocycles. The van der Waals surface area contributed by atoms with Crippen molar-refractivity contribution in [2.75, 3.05) is 38.6 Å². The van der Waals surface area contributed by atoms with Crippen LogP contribution in [0.4, 0.5) is 11.5 Å². The number of carbonyl (C=O) groups is 3. The molecule has 2 amide bonds. The van der Waals surface area contributed by atoms with Gasteiger partial charge in [-0.05, 0) is 24.3 Å². The van der Waals surface area contributed by atoms with Gasteiger partial charge in [-0.25, -0.2) is 9.78 Å². The van der Waals surface area contributed by atoms with E-state index in [1.165, 1.54) is 13.3 Å². The Labute approximate surface area is 156 Å². The van der Waals surface area contributed by atoms with Gasteiger partial charge in [-0.2, -0.15) is 0 Å². The molecule has 1 fully saturated rings. The number of hydrogen-bond acceptors (Lipinski definition) is 6. The summed E-state index contributed by atoms with van der Waals surface area (Å²) in [6.45, 7) is 2.08. The SMILES string of the molecule is COC(=O)c1ccccc1Nc1ccc(C(=O)N2CCN(C=O)CC2)cn1. The van der Waals surface area contributed by atoms with Gasteiger partial charge in [-0.15, -0.1) is 0 Å². The first-order valence-electron chi connectivity index (χ1n) is 8.51. The molecule has 0 unspecified atom stereocenters. The molecule has 0 radical (unpaired) electrons. The van der Waals surface area contributed by atoms with E-state index in [2.05, 4.69) is 10.3 Å². The third kappa shape index (κ3) is 4.22. The summed E-state index contributed by atoms with van der Waals surface area (Å²) in [6.07, 6.45) is 2.30. The Morgan fingerprint density at radius 3 is 2.48 bits per heavy atom. The second-order valence-corrected chi connectivity index (χ2v) is 6.03. The van der Waals surface area contributed by atoms with Crippen LogP contribution in [0.2, 0.25) is 0 Å². The van der Waals surface area contributed by atoms with E-state index >= 15 is 0 Å². The summed E-state index contributed by atoms with van der Waals surface area (Å²) in [6, 6.07) is 10.3. The summed E-state index contributed by atoms with van der Waals surface area (Å²) in [5.41, 5.74) is 1.44. The fraction of sp³-hybridized carbons (Fsp3) is 0.263. The molecule has 3 rings (SSSR count). The van der Waals surface area contributed by atoms with E-state index in [9.17, 15) is 14.4 Å². The first-order chi connectivity index (χ1) is 13.1. The minimum Gasteiger partial charge on any atom is -0.465 e. The van der Waals surface area contributed by atoms with Crippen molar-refractivity contribution in [2.45, 2.75) is 0 Å². The Bertz CT molecular complexity index is 830. The molecule has 0 atom stereocenters. The summed E-state index contributed by atoms with van der Waals surface area (Å²) in [4.78, 5) is 42.8. The maximum Gasteiger partial charge on any atom is 0.339 e. The quantitative estimate of drug-likeness (QED) is 0.636. The van der Waals surface area contributed by atoms with E-state index in [0.717, 1.165) is 6.41 Å². The number of esters is 1. The van der Waals surface area contributed by atoms with Crippen molar-refractivity contribution in [1.82, 2.24) is 14.8 Å². The number of anilines is 2. The van der Waals surface area contributed by atoms with Crippen molar-refractivity contribution in [3.05, 3.63) is 53.7 Å². The van der Waals surface area contributed by atoms with Crippen molar-refractivity contribution in [3.63, 3.8) is 0 Å². The van der Waals surface area contributed by atoms with Crippen LogP contribution in [0, 0.1) is 0 Å². The van der Waals surface area contributed by atoms with Crippen LogP contribution in [0.3, 0.4) is 0 Å². The van der Waals surface area contributed by atoms with Crippen LogP contribution in [0.5, 0.6) is 0 Å². The van der Waals surface area contributed by atoms with E-state index in [1.54, 1.807) is 46.2 Å². The maximum absolute atomic E-state index is 12.5. The lowest BCUT2D eigenvalue weighted by molar-refractivity contribution is -0.119. The zero-order valence-electron chi connectivity index (χ0n) is 14.9. The Balaban J connectivity index is 1.68. The molecule has 27 heavy (non-hydrogen) atoms. The van der Waals surface area contributed by atoms with Gasteiger partial charge in [-0.3, -0.25) is 9.59 Å². The molecule has 2 aromatic rings. The van der Waals surface area contributed by atoms with E-state index in [4.69, 9.17) is 4.74 Å². The van der Waals surface area contributed by atoms with Crippen molar-refractivity contribution in [1.29, 1.82) is 0 Å². The molecule has 1 saturated heterocycles. The van der Waals surface area contributed by atoms with E-state index < -0.39 is 5.97 Å². The fourth-order valence-electron chi connectivity index (χ4n) is 2.83. The molecular formula is C19H20N4O4. The van der Waals surface area contributed by atoms with Crippen LogP contribution in [0.1, 0.15) is 20.7 Å². The first kappa shape index (κ1) is 18.4. The molecular weight excluding hydrogens is 348 g/mol. The number of rotatable bonds is 5. The van der Waals surface area contributed by atoms with Crippen LogP contribution < -0.4 is 5.32 Å². The van der Waals surface area contributed by atoms with Gasteiger partial charge >= 0.3 is 5.97 Å². The predicted molar refractivity (Wildman–Crippen MR) is 98.8 cm³/mol. The van der Waals surface area contributed by atoms with Crippen LogP contribution >= 0.6 is 0 Å². The van der Waals surface area contributed by atoms with E-state index in [0.29, 0.717) is 48.8 Å². The minimum atomic E-state index is -0.445. The van der Waals surface area contributed by atoms with Gasteiger partial charge < -0.3 is 19.9 Å². The molecule has 1 aromatic carbocycles. The lowest BCUT2D eigenvalue weighted by Gasteiger charge is -2.32. The largest absolute Gasteiger partial charge is 0.465 e. The zero-order valence-corrected chi connectivity index (χ0v) is 14.9. The third-order valence-electron chi connectivity index (χ3n) is 4.36. The van der Waals surface area contributed by atoms with Gasteiger partial charge in [0.25, 0.3) is 5.91 Å². The van der Waals surface area contributed by atoms with Crippen LogP contribution in [0.15, 0.2) is 42.6 Å². The second kappa shape index (κ2) is 8.31. The average molecular weight is 368 g/mol. The van der Waals surface area contributed by atoms with Gasteiger partial charge in [0.1, 0.15) is 5.82 Å². The number of methoxy groups -OCH3 is 1. The predicted octanol–water partition coefficient (Wildman–Crippen LogP) is 1.53. The number of para-hydroxylation sites is 1. The molecule has 8 nitrogen and oxygen atoms in total. The lowest BCUT2D eigenvalue weighted by Crippen LogP contribution is -2.48. The monoisotopic (exact) mass is 368 g/mol. The number of aromatic nitrogens is 1. The van der Waals surface area contributed by atoms with E-state index in [-0.39, 0.29) is 5.91 Å². The number of ether oxygens (including phenoxy) is 1. The number of amides is 2. The van der Waals surface area contributed by atoms with Crippen molar-refractivity contribution >= 4 is 29.8 Å². The van der Waals surface area contributed by atoms with Crippen LogP contribution in [0.25, 0.3) is 0 Å². The normalized spacial score (nSPS) is 13.8. The highest BCUT2D eigenvalue weighted by Gasteiger charge is 2.21. The smallest absolute Gasteiger partial charge is 0.339 e. The Morgan fingerprint density at radius 2 is 1.85 bits per heavy atom. The molecule has 1 aliphatic heterocycles. The minimum absolute atomic E-state index is 0.116. The number of pyridine rings is 1. The van der Waals surface area contributed by atoms with Gasteiger partial charge in [0, 0.05) is 32.4 Å². The van der Waals surface area contributed by atoms with Gasteiger partial charge in [0.15, 0.2) is 0 Å². The lowest BCUT2D eigenvalue weighted by atomic mass is 10.1. The topological polar surface area (TPSA) is 91.8 Å². The summed E-state index contributed by atoms with van der Waals surface area (Å²) in [5, 5.41) is 3.06. The van der Waals surface area contributed by atoms with Crippen molar-refractivity contribution in [2.24, 2.45) is 0 Å².